The summed E-state index contributed by atoms with van der Waals surface area (Å²) in [4.78, 5) is 12.8. The third kappa shape index (κ3) is 4.42. The number of para-hydroxylation sites is 1. The largest absolute Gasteiger partial charge is 0.573 e. The zero-order valence-corrected chi connectivity index (χ0v) is 17.0. The van der Waals surface area contributed by atoms with E-state index in [1.165, 1.54) is 23.8 Å². The van der Waals surface area contributed by atoms with Crippen molar-refractivity contribution in [2.75, 3.05) is 0 Å². The fourth-order valence-electron chi connectivity index (χ4n) is 4.14. The fraction of sp³-hybridized carbons (Fsp3) is 0.304. The lowest BCUT2D eigenvalue weighted by atomic mass is 9.83. The van der Waals surface area contributed by atoms with E-state index in [0.717, 1.165) is 40.6 Å². The lowest BCUT2D eigenvalue weighted by Crippen LogP contribution is -2.39. The van der Waals surface area contributed by atoms with Gasteiger partial charge in [0.1, 0.15) is 11.5 Å². The van der Waals surface area contributed by atoms with Crippen LogP contribution < -0.4 is 10.1 Å². The minimum atomic E-state index is -4.87. The van der Waals surface area contributed by atoms with Gasteiger partial charge in [0, 0.05) is 11.6 Å². The summed E-state index contributed by atoms with van der Waals surface area (Å²) < 4.78 is 47.4. The number of alkyl halides is 3. The average Bonchev–Trinajstić information content (AvgIpc) is 3.04. The van der Waals surface area contributed by atoms with Gasteiger partial charge in [-0.25, -0.2) is 0 Å². The van der Waals surface area contributed by atoms with Crippen LogP contribution in [-0.4, -0.2) is 23.5 Å². The number of nitrogens with one attached hydrogen (secondary N) is 1. The van der Waals surface area contributed by atoms with Crippen molar-refractivity contribution in [1.29, 1.82) is 0 Å². The number of carbonyl (C=O) groups is 1. The Labute approximate surface area is 177 Å². The molecule has 0 saturated carbocycles. The number of benzene rings is 2. The molecule has 1 heterocycles. The number of rotatable bonds is 4. The van der Waals surface area contributed by atoms with Crippen molar-refractivity contribution in [3.8, 4) is 16.9 Å². The molecule has 5 nitrogen and oxygen atoms in total. The molecular formula is C23H21F3N2O3. The summed E-state index contributed by atoms with van der Waals surface area (Å²) in [5.74, 6) is -0.390. The number of halogens is 3. The van der Waals surface area contributed by atoms with E-state index in [0.29, 0.717) is 12.8 Å². The van der Waals surface area contributed by atoms with Crippen LogP contribution in [0.3, 0.4) is 0 Å². The number of fused-ring (bicyclic) bond motifs is 1. The second kappa shape index (κ2) is 8.09. The van der Waals surface area contributed by atoms with Gasteiger partial charge in [0.25, 0.3) is 5.91 Å². The van der Waals surface area contributed by atoms with E-state index >= 15 is 0 Å². The highest BCUT2D eigenvalue weighted by Crippen LogP contribution is 2.35. The Bertz CT molecular complexity index is 1100. The fourth-order valence-corrected chi connectivity index (χ4v) is 4.14. The highest BCUT2D eigenvalue weighted by molar-refractivity contribution is 5.97. The molecule has 1 N–H and O–H groups in total. The van der Waals surface area contributed by atoms with Crippen molar-refractivity contribution in [1.82, 2.24) is 10.5 Å². The molecule has 1 aromatic heterocycles. The third-order valence-electron chi connectivity index (χ3n) is 5.48. The summed E-state index contributed by atoms with van der Waals surface area (Å²) in [6, 6.07) is 11.2. The monoisotopic (exact) mass is 430 g/mol. The molecule has 8 heteroatoms. The standard InChI is InChI=1S/C23H21F3N2O3/c1-13-21(14(2)31-28-13)17-8-5-6-15-10-11-16(12-19(15)17)27-22(29)18-7-3-4-9-20(18)30-23(24,25)26/h3-9,16H,10-12H2,1-2H3,(H,27,29). The molecule has 1 aliphatic rings. The van der Waals surface area contributed by atoms with Crippen molar-refractivity contribution in [3.63, 3.8) is 0 Å². The van der Waals surface area contributed by atoms with Gasteiger partial charge in [-0.2, -0.15) is 0 Å². The van der Waals surface area contributed by atoms with E-state index < -0.39 is 18.0 Å². The van der Waals surface area contributed by atoms with Crippen LogP contribution in [0, 0.1) is 13.8 Å². The molecule has 0 spiro atoms. The average molecular weight is 430 g/mol. The van der Waals surface area contributed by atoms with E-state index in [-0.39, 0.29) is 11.6 Å². The molecule has 31 heavy (non-hydrogen) atoms. The molecule has 0 bridgehead atoms. The predicted octanol–water partition coefficient (Wildman–Crippen LogP) is 5.14. The lowest BCUT2D eigenvalue weighted by Gasteiger charge is -2.28. The van der Waals surface area contributed by atoms with Gasteiger partial charge in [-0.05, 0) is 61.9 Å². The zero-order chi connectivity index (χ0) is 22.2. The minimum absolute atomic E-state index is 0.148. The number of carbonyl (C=O) groups excluding carboxylic acids is 1. The van der Waals surface area contributed by atoms with Gasteiger partial charge >= 0.3 is 6.36 Å². The number of amides is 1. The summed E-state index contributed by atoms with van der Waals surface area (Å²) >= 11 is 0. The van der Waals surface area contributed by atoms with Crippen LogP contribution in [-0.2, 0) is 12.8 Å². The smallest absolute Gasteiger partial charge is 0.405 e. The highest BCUT2D eigenvalue weighted by atomic mass is 19.4. The highest BCUT2D eigenvalue weighted by Gasteiger charge is 2.33. The Morgan fingerprint density at radius 2 is 1.94 bits per heavy atom. The molecule has 0 aliphatic heterocycles. The molecule has 1 unspecified atom stereocenters. The molecular weight excluding hydrogens is 409 g/mol. The normalized spacial score (nSPS) is 16.0. The summed E-state index contributed by atoms with van der Waals surface area (Å²) in [5, 5.41) is 6.92. The molecule has 1 amide bonds. The van der Waals surface area contributed by atoms with Crippen LogP contribution in [0.15, 0.2) is 47.0 Å². The number of hydrogen-bond acceptors (Lipinski definition) is 4. The number of hydrogen-bond donors (Lipinski definition) is 1. The molecule has 1 atom stereocenters. The molecule has 1 aliphatic carbocycles. The molecule has 162 valence electrons. The maximum Gasteiger partial charge on any atom is 0.573 e. The summed E-state index contributed by atoms with van der Waals surface area (Å²) in [6.45, 7) is 3.74. The van der Waals surface area contributed by atoms with Crippen LogP contribution in [0.25, 0.3) is 11.1 Å². The van der Waals surface area contributed by atoms with Crippen molar-refractivity contribution in [2.45, 2.75) is 45.5 Å². The summed E-state index contributed by atoms with van der Waals surface area (Å²) in [6.07, 6.45) is -2.88. The quantitative estimate of drug-likeness (QED) is 0.622. The first-order chi connectivity index (χ1) is 14.7. The van der Waals surface area contributed by atoms with Gasteiger partial charge < -0.3 is 14.6 Å². The number of aryl methyl sites for hydroxylation is 3. The third-order valence-corrected chi connectivity index (χ3v) is 5.48. The molecule has 4 rings (SSSR count). The van der Waals surface area contributed by atoms with Crippen molar-refractivity contribution >= 4 is 5.91 Å². The Hall–Kier alpha value is -3.29. The van der Waals surface area contributed by atoms with Crippen LogP contribution in [0.5, 0.6) is 5.75 Å². The number of ether oxygens (including phenoxy) is 1. The first kappa shape index (κ1) is 21.0. The van der Waals surface area contributed by atoms with Crippen molar-refractivity contribution in [2.24, 2.45) is 0 Å². The van der Waals surface area contributed by atoms with Crippen LogP contribution in [0.4, 0.5) is 13.2 Å². The van der Waals surface area contributed by atoms with Crippen molar-refractivity contribution < 1.29 is 27.2 Å². The number of nitrogens with zero attached hydrogens (tertiary/aromatic N) is 1. The Kier molecular flexibility index (Phi) is 5.47. The van der Waals surface area contributed by atoms with E-state index in [2.05, 4.69) is 21.3 Å². The first-order valence-electron chi connectivity index (χ1n) is 9.92. The second-order valence-electron chi connectivity index (χ2n) is 7.60. The maximum atomic E-state index is 12.8. The molecule has 0 radical (unpaired) electrons. The zero-order valence-electron chi connectivity index (χ0n) is 17.0. The summed E-state index contributed by atoms with van der Waals surface area (Å²) in [5.41, 5.74) is 4.86. The number of aromatic nitrogens is 1. The Balaban J connectivity index is 1.58. The Morgan fingerprint density at radius 3 is 2.65 bits per heavy atom. The predicted molar refractivity (Wildman–Crippen MR) is 108 cm³/mol. The topological polar surface area (TPSA) is 64.4 Å². The van der Waals surface area contributed by atoms with Gasteiger partial charge in [-0.15, -0.1) is 13.2 Å². The van der Waals surface area contributed by atoms with Gasteiger partial charge in [0.2, 0.25) is 0 Å². The van der Waals surface area contributed by atoms with E-state index in [1.54, 1.807) is 0 Å². The van der Waals surface area contributed by atoms with Crippen LogP contribution in [0.2, 0.25) is 0 Å². The molecule has 0 fully saturated rings. The van der Waals surface area contributed by atoms with Gasteiger partial charge in [-0.1, -0.05) is 35.5 Å². The first-order valence-corrected chi connectivity index (χ1v) is 9.92. The van der Waals surface area contributed by atoms with Crippen LogP contribution in [0.1, 0.15) is 39.4 Å². The SMILES string of the molecule is Cc1noc(C)c1-c1cccc2c1CC(NC(=O)c1ccccc1OC(F)(F)F)CC2. The Morgan fingerprint density at radius 1 is 1.16 bits per heavy atom. The van der Waals surface area contributed by atoms with E-state index in [4.69, 9.17) is 4.52 Å². The summed E-state index contributed by atoms with van der Waals surface area (Å²) in [7, 11) is 0. The molecule has 0 saturated heterocycles. The van der Waals surface area contributed by atoms with Gasteiger partial charge in [0.15, 0.2) is 0 Å². The minimum Gasteiger partial charge on any atom is -0.405 e. The second-order valence-corrected chi connectivity index (χ2v) is 7.60. The van der Waals surface area contributed by atoms with Crippen LogP contribution >= 0.6 is 0 Å². The molecule has 2 aromatic carbocycles. The van der Waals surface area contributed by atoms with Gasteiger partial charge in [-0.3, -0.25) is 4.79 Å². The van der Waals surface area contributed by atoms with E-state index in [1.807, 2.05) is 26.0 Å². The lowest BCUT2D eigenvalue weighted by molar-refractivity contribution is -0.274. The molecule has 3 aromatic rings. The van der Waals surface area contributed by atoms with Gasteiger partial charge in [0.05, 0.1) is 11.3 Å². The van der Waals surface area contributed by atoms with Crippen molar-refractivity contribution in [3.05, 3.63) is 70.6 Å². The maximum absolute atomic E-state index is 12.8. The van der Waals surface area contributed by atoms with E-state index in [9.17, 15) is 18.0 Å².